The summed E-state index contributed by atoms with van der Waals surface area (Å²) in [5.41, 5.74) is 0.872. The molecule has 1 heterocycles. The first kappa shape index (κ1) is 29.1. The van der Waals surface area contributed by atoms with Gasteiger partial charge in [0.2, 0.25) is 5.91 Å². The van der Waals surface area contributed by atoms with Crippen LogP contribution in [0.25, 0.3) is 0 Å². The van der Waals surface area contributed by atoms with Crippen molar-refractivity contribution in [2.24, 2.45) is 0 Å². The normalized spacial score (nSPS) is 12.8. The zero-order chi connectivity index (χ0) is 27.9. The van der Waals surface area contributed by atoms with E-state index in [4.69, 9.17) is 0 Å². The summed E-state index contributed by atoms with van der Waals surface area (Å²) in [5.74, 6) is -0.528. The average Bonchev–Trinajstić information content (AvgIpc) is 2.86. The van der Waals surface area contributed by atoms with Crippen LogP contribution in [0.1, 0.15) is 53.6 Å². The summed E-state index contributed by atoms with van der Waals surface area (Å²) in [4.78, 5) is 16.5. The topological polar surface area (TPSA) is 115 Å². The molecule has 0 aliphatic heterocycles. The van der Waals surface area contributed by atoms with Gasteiger partial charge in [0.15, 0.2) is 0 Å². The van der Waals surface area contributed by atoms with Gasteiger partial charge in [0.1, 0.15) is 17.5 Å². The summed E-state index contributed by atoms with van der Waals surface area (Å²) < 4.78 is 39.5. The molecule has 0 saturated carbocycles. The van der Waals surface area contributed by atoms with Gasteiger partial charge in [-0.2, -0.15) is 13.2 Å². The van der Waals surface area contributed by atoms with Gasteiger partial charge >= 0.3 is 6.18 Å². The van der Waals surface area contributed by atoms with E-state index in [1.807, 2.05) is 32.0 Å². The van der Waals surface area contributed by atoms with E-state index in [2.05, 4.69) is 15.6 Å². The van der Waals surface area contributed by atoms with Crippen LogP contribution in [0.4, 0.5) is 13.2 Å². The maximum Gasteiger partial charge on any atom is 0.416 e. The number of hydrogen-bond acceptors (Lipinski definition) is 6. The molecule has 0 bridgehead atoms. The second-order valence-corrected chi connectivity index (χ2v) is 9.75. The van der Waals surface area contributed by atoms with Gasteiger partial charge in [0, 0.05) is 18.6 Å². The number of β-amino-alcohol motifs (C(OH)–C–C–N with tert-alkyl or cyclic N) is 1. The monoisotopic (exact) mass is 531 g/mol. The number of aliphatic hydroxyl groups is 2. The molecule has 1 atom stereocenters. The average molecular weight is 532 g/mol. The Bertz CT molecular complexity index is 1250. The van der Waals surface area contributed by atoms with Crippen molar-refractivity contribution in [1.29, 1.82) is 0 Å². The van der Waals surface area contributed by atoms with Crippen LogP contribution >= 0.6 is 0 Å². The van der Waals surface area contributed by atoms with Crippen LogP contribution in [-0.4, -0.2) is 38.3 Å². The minimum Gasteiger partial charge on any atom is -0.506 e. The summed E-state index contributed by atoms with van der Waals surface area (Å²) in [6.45, 7) is 3.43. The van der Waals surface area contributed by atoms with Gasteiger partial charge in [-0.1, -0.05) is 42.5 Å². The highest BCUT2D eigenvalue weighted by atomic mass is 19.4. The molecule has 7 nitrogen and oxygen atoms in total. The van der Waals surface area contributed by atoms with E-state index in [0.717, 1.165) is 17.2 Å². The molecule has 2 aromatic carbocycles. The van der Waals surface area contributed by atoms with Crippen LogP contribution in [0.5, 0.6) is 5.75 Å². The molecular weight excluding hydrogens is 499 g/mol. The van der Waals surface area contributed by atoms with Gasteiger partial charge in [0.05, 0.1) is 24.3 Å². The summed E-state index contributed by atoms with van der Waals surface area (Å²) in [5, 5.41) is 35.3. The van der Waals surface area contributed by atoms with Crippen LogP contribution in [0, 0.1) is 0 Å². The number of halogens is 3. The summed E-state index contributed by atoms with van der Waals surface area (Å²) in [7, 11) is 0. The van der Waals surface area contributed by atoms with Crippen molar-refractivity contribution in [3.63, 3.8) is 0 Å². The molecule has 0 saturated heterocycles. The van der Waals surface area contributed by atoms with Gasteiger partial charge in [-0.25, -0.2) is 4.98 Å². The van der Waals surface area contributed by atoms with Crippen molar-refractivity contribution >= 4 is 5.91 Å². The predicted octanol–water partition coefficient (Wildman–Crippen LogP) is 3.80. The van der Waals surface area contributed by atoms with Crippen molar-refractivity contribution in [1.82, 2.24) is 15.6 Å². The van der Waals surface area contributed by atoms with Crippen LogP contribution in [0.3, 0.4) is 0 Å². The van der Waals surface area contributed by atoms with E-state index >= 15 is 0 Å². The summed E-state index contributed by atoms with van der Waals surface area (Å²) in [6, 6.07) is 15.4. The molecule has 0 spiro atoms. The first-order valence-electron chi connectivity index (χ1n) is 12.1. The second-order valence-electron chi connectivity index (χ2n) is 9.75. The van der Waals surface area contributed by atoms with E-state index in [9.17, 15) is 33.3 Å². The number of nitrogens with one attached hydrogen (secondary N) is 2. The van der Waals surface area contributed by atoms with Crippen molar-refractivity contribution in [2.75, 3.05) is 6.54 Å². The molecular formula is C28H32F3N3O4. The molecule has 3 aromatic rings. The molecule has 1 unspecified atom stereocenters. The van der Waals surface area contributed by atoms with Gasteiger partial charge in [-0.3, -0.25) is 4.79 Å². The quantitative estimate of drug-likeness (QED) is 0.257. The number of benzene rings is 2. The first-order chi connectivity index (χ1) is 17.9. The minimum atomic E-state index is -4.49. The Kier molecular flexibility index (Phi) is 9.48. The van der Waals surface area contributed by atoms with Gasteiger partial charge in [0.25, 0.3) is 0 Å². The Hall–Kier alpha value is -3.47. The number of aliphatic hydroxyl groups excluding tert-OH is 2. The van der Waals surface area contributed by atoms with Gasteiger partial charge < -0.3 is 26.0 Å². The predicted molar refractivity (Wildman–Crippen MR) is 136 cm³/mol. The van der Waals surface area contributed by atoms with Crippen LogP contribution in [0.2, 0.25) is 0 Å². The summed E-state index contributed by atoms with van der Waals surface area (Å²) in [6.07, 6.45) is -4.86. The Labute approximate surface area is 219 Å². The third-order valence-corrected chi connectivity index (χ3v) is 6.04. The first-order valence-corrected chi connectivity index (χ1v) is 12.1. The largest absolute Gasteiger partial charge is 0.506 e. The van der Waals surface area contributed by atoms with Crippen LogP contribution in [0.15, 0.2) is 60.7 Å². The zero-order valence-electron chi connectivity index (χ0n) is 21.2. The van der Waals surface area contributed by atoms with Gasteiger partial charge in [-0.15, -0.1) is 0 Å². The Balaban J connectivity index is 1.55. The minimum absolute atomic E-state index is 0.00667. The standard InChI is InChI=1S/C28H32F3N3O4/c1-27(2,33-16-25(37)22-10-11-24(36)23(17-35)34-22)14-19-7-5-6-18(12-19)13-26(38)32-15-20-8-3-4-9-21(20)28(29,30)31/h3-12,25,33,35-37H,13-17H2,1-2H3,(H,32,38). The fourth-order valence-electron chi connectivity index (χ4n) is 4.11. The van der Waals surface area contributed by atoms with Crippen molar-refractivity contribution in [2.45, 2.75) is 57.7 Å². The van der Waals surface area contributed by atoms with Crippen LogP contribution in [-0.2, 0) is 37.0 Å². The number of aromatic hydroxyl groups is 1. The van der Waals surface area contributed by atoms with Gasteiger partial charge in [-0.05, 0) is 55.2 Å². The maximum atomic E-state index is 13.2. The van der Waals surface area contributed by atoms with Crippen molar-refractivity contribution in [3.8, 4) is 5.75 Å². The van der Waals surface area contributed by atoms with E-state index in [1.54, 1.807) is 6.07 Å². The lowest BCUT2D eigenvalue weighted by atomic mass is 9.93. The molecule has 0 fully saturated rings. The van der Waals surface area contributed by atoms with E-state index in [0.29, 0.717) is 12.1 Å². The van der Waals surface area contributed by atoms with Crippen molar-refractivity contribution < 1.29 is 33.3 Å². The fourth-order valence-corrected chi connectivity index (χ4v) is 4.11. The SMILES string of the molecule is CC(C)(Cc1cccc(CC(=O)NCc2ccccc2C(F)(F)F)c1)NCC(O)c1ccc(O)c(CO)n1. The van der Waals surface area contributed by atoms with Crippen molar-refractivity contribution in [3.05, 3.63) is 94.3 Å². The molecule has 10 heteroatoms. The highest BCUT2D eigenvalue weighted by Gasteiger charge is 2.32. The molecule has 0 aliphatic rings. The van der Waals surface area contributed by atoms with E-state index in [-0.39, 0.29) is 42.4 Å². The number of carbonyl (C=O) groups is 1. The Morgan fingerprint density at radius 3 is 2.45 bits per heavy atom. The molecule has 1 amide bonds. The molecule has 0 radical (unpaired) electrons. The lowest BCUT2D eigenvalue weighted by molar-refractivity contribution is -0.138. The molecule has 204 valence electrons. The number of aromatic nitrogens is 1. The highest BCUT2D eigenvalue weighted by molar-refractivity contribution is 5.78. The zero-order valence-corrected chi connectivity index (χ0v) is 21.2. The lowest BCUT2D eigenvalue weighted by Crippen LogP contribution is -2.43. The number of pyridine rings is 1. The molecule has 38 heavy (non-hydrogen) atoms. The fraction of sp³-hybridized carbons (Fsp3) is 0.357. The van der Waals surface area contributed by atoms with E-state index < -0.39 is 30.0 Å². The van der Waals surface area contributed by atoms with Crippen LogP contribution < -0.4 is 10.6 Å². The number of alkyl halides is 3. The summed E-state index contributed by atoms with van der Waals surface area (Å²) >= 11 is 0. The third-order valence-electron chi connectivity index (χ3n) is 6.04. The number of nitrogens with zero attached hydrogens (tertiary/aromatic N) is 1. The number of rotatable bonds is 11. The third kappa shape index (κ3) is 8.27. The maximum absolute atomic E-state index is 13.2. The smallest absolute Gasteiger partial charge is 0.416 e. The number of amides is 1. The Morgan fingerprint density at radius 1 is 1.03 bits per heavy atom. The van der Waals surface area contributed by atoms with E-state index in [1.165, 1.54) is 30.3 Å². The molecule has 3 rings (SSSR count). The number of hydrogen-bond donors (Lipinski definition) is 5. The molecule has 0 aliphatic carbocycles. The number of carbonyl (C=O) groups excluding carboxylic acids is 1. The molecule has 5 N–H and O–H groups in total. The molecule has 1 aromatic heterocycles. The lowest BCUT2D eigenvalue weighted by Gasteiger charge is -2.28. The second kappa shape index (κ2) is 12.4. The Morgan fingerprint density at radius 2 is 1.74 bits per heavy atom. The highest BCUT2D eigenvalue weighted by Crippen LogP contribution is 2.31.